The molecule has 30 heavy (non-hydrogen) atoms. The molecule has 0 aliphatic heterocycles. The second-order valence-corrected chi connectivity index (χ2v) is 8.50. The zero-order chi connectivity index (χ0) is 22.9. The Balaban J connectivity index is 0.00000480. The minimum atomic E-state index is -1.73. The molecular formula is C20H31FN2O7. The van der Waals surface area contributed by atoms with Crippen LogP contribution < -0.4 is 10.6 Å². The van der Waals surface area contributed by atoms with Crippen molar-refractivity contribution in [3.63, 3.8) is 0 Å². The number of amides is 2. The van der Waals surface area contributed by atoms with Gasteiger partial charge in [0.05, 0.1) is 18.8 Å². The van der Waals surface area contributed by atoms with Crippen molar-refractivity contribution < 1.29 is 39.2 Å². The molecule has 0 unspecified atom stereocenters. The fourth-order valence-electron chi connectivity index (χ4n) is 4.01. The number of hydrogen-bond donors (Lipinski definition) is 2. The summed E-state index contributed by atoms with van der Waals surface area (Å²) in [5, 5.41) is 4.90. The van der Waals surface area contributed by atoms with Crippen LogP contribution in [0.2, 0.25) is 0 Å². The Morgan fingerprint density at radius 2 is 1.97 bits per heavy atom. The van der Waals surface area contributed by atoms with Crippen molar-refractivity contribution >= 4 is 23.9 Å². The lowest BCUT2D eigenvalue weighted by atomic mass is 9.89. The number of fused-ring (bicyclic) bond motifs is 1. The van der Waals surface area contributed by atoms with Gasteiger partial charge in [0.15, 0.2) is 0 Å². The van der Waals surface area contributed by atoms with Crippen LogP contribution in [0, 0.1) is 17.8 Å². The monoisotopic (exact) mass is 430 g/mol. The summed E-state index contributed by atoms with van der Waals surface area (Å²) in [6.45, 7) is 11.3. The zero-order valence-electron chi connectivity index (χ0n) is 17.8. The molecule has 0 spiro atoms. The highest BCUT2D eigenvalue weighted by molar-refractivity contribution is 5.94. The molecule has 0 heterocycles. The molecule has 2 amide bonds. The highest BCUT2D eigenvalue weighted by atomic mass is 19.1. The molecule has 2 aliphatic rings. The summed E-state index contributed by atoms with van der Waals surface area (Å²) in [5.74, 6) is -4.75. The van der Waals surface area contributed by atoms with Gasteiger partial charge >= 0.3 is 18.0 Å². The Morgan fingerprint density at radius 1 is 1.33 bits per heavy atom. The van der Waals surface area contributed by atoms with Gasteiger partial charge in [-0.15, -0.1) is 0 Å². The van der Waals surface area contributed by atoms with Crippen molar-refractivity contribution in [1.82, 2.24) is 10.6 Å². The number of alkyl carbamates (subject to hydrolysis) is 1. The molecule has 2 N–H and O–H groups in total. The number of ether oxygens (including phenoxy) is 3. The molecule has 0 bridgehead atoms. The average Bonchev–Trinajstić information content (AvgIpc) is 3.29. The quantitative estimate of drug-likeness (QED) is 0.359. The van der Waals surface area contributed by atoms with E-state index in [-0.39, 0.29) is 14.5 Å². The highest BCUT2D eigenvalue weighted by Gasteiger charge is 2.76. The fraction of sp³-hybridized carbons (Fsp3) is 0.700. The van der Waals surface area contributed by atoms with E-state index in [1.807, 2.05) is 0 Å². The third-order valence-corrected chi connectivity index (χ3v) is 5.16. The Kier molecular flexibility index (Phi) is 6.78. The first-order chi connectivity index (χ1) is 13.9. The Hall–Kier alpha value is -2.65. The molecule has 9 nitrogen and oxygen atoms in total. The molecule has 0 aromatic heterocycles. The van der Waals surface area contributed by atoms with Crippen molar-refractivity contribution in [1.29, 1.82) is 0 Å². The first-order valence-corrected chi connectivity index (χ1v) is 9.82. The Labute approximate surface area is 176 Å². The first kappa shape index (κ1) is 23.6. The number of hydrogen-bond acceptors (Lipinski definition) is 7. The van der Waals surface area contributed by atoms with Gasteiger partial charge in [0.2, 0.25) is 5.91 Å². The Morgan fingerprint density at radius 3 is 2.50 bits per heavy atom. The third-order valence-electron chi connectivity index (χ3n) is 5.16. The average molecular weight is 430 g/mol. The molecule has 0 aromatic carbocycles. The second kappa shape index (κ2) is 8.61. The summed E-state index contributed by atoms with van der Waals surface area (Å²) in [6, 6.07) is -1.08. The van der Waals surface area contributed by atoms with Crippen LogP contribution in [-0.4, -0.2) is 53.9 Å². The van der Waals surface area contributed by atoms with Crippen molar-refractivity contribution in [2.24, 2.45) is 17.8 Å². The fourth-order valence-corrected chi connectivity index (χ4v) is 4.01. The standard InChI is InChI=1S/C20H29FN2O7.H2/c1-7-28-16(25)13-12-11(21)9-20(14(12)13,17(26)29-8-2)23-15(24)10(3)22-18(27)30-19(4,5)6;/h7,10-14H,1,8-9H2,2-6H3,(H,22,27)(H,23,24);1H/t10-,11+,12-,13-,14-,20-;/m0./s1. The zero-order valence-corrected chi connectivity index (χ0v) is 17.8. The van der Waals surface area contributed by atoms with Crippen LogP contribution in [0.3, 0.4) is 0 Å². The van der Waals surface area contributed by atoms with Crippen LogP contribution in [-0.2, 0) is 28.6 Å². The van der Waals surface area contributed by atoms with Crippen molar-refractivity contribution in [2.75, 3.05) is 6.61 Å². The lowest BCUT2D eigenvalue weighted by molar-refractivity contribution is -0.155. The Bertz CT molecular complexity index is 742. The van der Waals surface area contributed by atoms with E-state index in [0.717, 1.165) is 6.26 Å². The van der Waals surface area contributed by atoms with Gasteiger partial charge in [-0.2, -0.15) is 0 Å². The largest absolute Gasteiger partial charge is 0.464 e. The van der Waals surface area contributed by atoms with Crippen molar-refractivity contribution in [3.05, 3.63) is 12.8 Å². The minimum absolute atomic E-state index is 0. The smallest absolute Gasteiger partial charge is 0.408 e. The number of nitrogens with one attached hydrogen (secondary N) is 2. The van der Waals surface area contributed by atoms with E-state index < -0.39 is 65.0 Å². The molecule has 170 valence electrons. The maximum absolute atomic E-state index is 14.7. The van der Waals surface area contributed by atoms with Gasteiger partial charge in [0, 0.05) is 19.7 Å². The van der Waals surface area contributed by atoms with Crippen molar-refractivity contribution in [3.8, 4) is 0 Å². The number of carbonyl (C=O) groups is 4. The van der Waals surface area contributed by atoms with E-state index in [1.165, 1.54) is 6.92 Å². The highest BCUT2D eigenvalue weighted by Crippen LogP contribution is 2.64. The van der Waals surface area contributed by atoms with Gasteiger partial charge in [0.25, 0.3) is 0 Å². The minimum Gasteiger partial charge on any atom is -0.464 e. The summed E-state index contributed by atoms with van der Waals surface area (Å²) < 4.78 is 29.6. The van der Waals surface area contributed by atoms with Gasteiger partial charge in [-0.05, 0) is 34.6 Å². The maximum atomic E-state index is 14.7. The summed E-state index contributed by atoms with van der Waals surface area (Å²) in [5.41, 5.74) is -2.49. The molecule has 2 fully saturated rings. The van der Waals surface area contributed by atoms with Crippen LogP contribution in [0.25, 0.3) is 0 Å². The number of alkyl halides is 1. The predicted molar refractivity (Wildman–Crippen MR) is 105 cm³/mol. The normalized spacial score (nSPS) is 30.3. The number of esters is 2. The molecule has 0 aromatic rings. The van der Waals surface area contributed by atoms with Gasteiger partial charge in [-0.25, -0.2) is 14.0 Å². The first-order valence-electron chi connectivity index (χ1n) is 9.82. The molecule has 10 heteroatoms. The van der Waals surface area contributed by atoms with E-state index >= 15 is 0 Å². The molecule has 2 rings (SSSR count). The van der Waals surface area contributed by atoms with Crippen LogP contribution in [0.4, 0.5) is 9.18 Å². The molecule has 0 radical (unpaired) electrons. The molecule has 2 saturated carbocycles. The van der Waals surface area contributed by atoms with Crippen LogP contribution >= 0.6 is 0 Å². The maximum Gasteiger partial charge on any atom is 0.408 e. The number of carbonyl (C=O) groups excluding carboxylic acids is 4. The van der Waals surface area contributed by atoms with Crippen LogP contribution in [0.5, 0.6) is 0 Å². The van der Waals surface area contributed by atoms with Crippen LogP contribution in [0.1, 0.15) is 42.5 Å². The van der Waals surface area contributed by atoms with E-state index in [9.17, 15) is 23.6 Å². The summed E-state index contributed by atoms with van der Waals surface area (Å²) in [4.78, 5) is 49.6. The predicted octanol–water partition coefficient (Wildman–Crippen LogP) is 1.85. The second-order valence-electron chi connectivity index (χ2n) is 8.50. The number of halogens is 1. The topological polar surface area (TPSA) is 120 Å². The van der Waals surface area contributed by atoms with E-state index in [2.05, 4.69) is 17.2 Å². The van der Waals surface area contributed by atoms with Crippen LogP contribution in [0.15, 0.2) is 12.8 Å². The lowest BCUT2D eigenvalue weighted by Gasteiger charge is -2.32. The van der Waals surface area contributed by atoms with Gasteiger partial charge in [-0.3, -0.25) is 9.59 Å². The summed E-state index contributed by atoms with van der Waals surface area (Å²) in [7, 11) is 0. The molecule has 6 atom stereocenters. The van der Waals surface area contributed by atoms with Crippen molar-refractivity contribution in [2.45, 2.75) is 64.4 Å². The molecular weight excluding hydrogens is 399 g/mol. The summed E-state index contributed by atoms with van der Waals surface area (Å²) >= 11 is 0. The van der Waals surface area contributed by atoms with E-state index in [0.29, 0.717) is 0 Å². The lowest BCUT2D eigenvalue weighted by Crippen LogP contribution is -2.61. The third kappa shape index (κ3) is 4.73. The van der Waals surface area contributed by atoms with Gasteiger partial charge in [0.1, 0.15) is 23.4 Å². The SMILES string of the molecule is C=COC(=O)[C@H]1[C@H]2[C@@H]1[C@](NC(=O)[C@H](C)NC(=O)OC(C)(C)C)(C(=O)OCC)C[C@H]2F.[HH]. The van der Waals surface area contributed by atoms with E-state index in [1.54, 1.807) is 27.7 Å². The summed E-state index contributed by atoms with van der Waals surface area (Å²) in [6.07, 6.45) is -1.72. The number of rotatable bonds is 7. The van der Waals surface area contributed by atoms with Gasteiger partial charge < -0.3 is 24.8 Å². The van der Waals surface area contributed by atoms with Gasteiger partial charge in [-0.1, -0.05) is 6.58 Å². The molecule has 2 aliphatic carbocycles. The van der Waals surface area contributed by atoms with E-state index in [4.69, 9.17) is 14.2 Å². The molecule has 0 saturated heterocycles.